The fourth-order valence-corrected chi connectivity index (χ4v) is 3.95. The Hall–Kier alpha value is -2.73. The summed E-state index contributed by atoms with van der Waals surface area (Å²) >= 11 is 3.43. The lowest BCUT2D eigenvalue weighted by molar-refractivity contribution is -0.125. The van der Waals surface area contributed by atoms with Gasteiger partial charge >= 0.3 is 0 Å². The number of amides is 1. The molecule has 6 heteroatoms. The number of benzene rings is 2. The van der Waals surface area contributed by atoms with E-state index in [1.54, 1.807) is 0 Å². The van der Waals surface area contributed by atoms with Crippen molar-refractivity contribution in [3.8, 4) is 11.1 Å². The van der Waals surface area contributed by atoms with Gasteiger partial charge in [-0.2, -0.15) is 0 Å². The van der Waals surface area contributed by atoms with Crippen LogP contribution in [-0.4, -0.2) is 29.0 Å². The fraction of sp³-hybridized carbons (Fsp3) is 0.292. The standard InChI is InChI=1S/C24H25BrN4O/c1-17-4-8-19(9-5-17)21-14-27-24(28-15-21)29-12-2-3-20(16-29)23(30)26-13-18-6-10-22(25)11-7-18/h4-11,14-15,20H,2-3,12-13,16H2,1H3,(H,26,30)/t20-/m0/s1. The third-order valence-electron chi connectivity index (χ3n) is 5.48. The van der Waals surface area contributed by atoms with Crippen LogP contribution in [0, 0.1) is 12.8 Å². The van der Waals surface area contributed by atoms with Crippen molar-refractivity contribution in [1.29, 1.82) is 0 Å². The first-order valence-electron chi connectivity index (χ1n) is 10.2. The number of nitrogens with one attached hydrogen (secondary N) is 1. The molecule has 2 aromatic carbocycles. The number of hydrogen-bond acceptors (Lipinski definition) is 4. The van der Waals surface area contributed by atoms with Gasteiger partial charge in [-0.15, -0.1) is 0 Å². The second-order valence-corrected chi connectivity index (χ2v) is 8.68. The minimum atomic E-state index is -0.0467. The van der Waals surface area contributed by atoms with Gasteiger partial charge in [0.05, 0.1) is 5.92 Å². The number of anilines is 1. The molecule has 0 spiro atoms. The molecule has 0 radical (unpaired) electrons. The summed E-state index contributed by atoms with van der Waals surface area (Å²) in [5, 5.41) is 3.07. The van der Waals surface area contributed by atoms with Gasteiger partial charge in [0.1, 0.15) is 0 Å². The van der Waals surface area contributed by atoms with E-state index in [0.717, 1.165) is 40.5 Å². The van der Waals surface area contributed by atoms with E-state index in [4.69, 9.17) is 0 Å². The number of rotatable bonds is 5. The van der Waals surface area contributed by atoms with Crippen LogP contribution in [0.1, 0.15) is 24.0 Å². The summed E-state index contributed by atoms with van der Waals surface area (Å²) in [6.45, 7) is 4.14. The zero-order valence-electron chi connectivity index (χ0n) is 17.0. The van der Waals surface area contributed by atoms with Crippen LogP contribution in [-0.2, 0) is 11.3 Å². The van der Waals surface area contributed by atoms with Gasteiger partial charge in [0.2, 0.25) is 11.9 Å². The summed E-state index contributed by atoms with van der Waals surface area (Å²) in [7, 11) is 0. The molecule has 4 rings (SSSR count). The summed E-state index contributed by atoms with van der Waals surface area (Å²) < 4.78 is 1.04. The third kappa shape index (κ3) is 5.05. The molecule has 0 bridgehead atoms. The van der Waals surface area contributed by atoms with E-state index in [2.05, 4.69) is 67.3 Å². The highest BCUT2D eigenvalue weighted by atomic mass is 79.9. The molecule has 154 valence electrons. The van der Waals surface area contributed by atoms with Crippen LogP contribution in [0.15, 0.2) is 65.4 Å². The topological polar surface area (TPSA) is 58.1 Å². The monoisotopic (exact) mass is 464 g/mol. The van der Waals surface area contributed by atoms with Crippen molar-refractivity contribution in [1.82, 2.24) is 15.3 Å². The van der Waals surface area contributed by atoms with Crippen molar-refractivity contribution >= 4 is 27.8 Å². The summed E-state index contributed by atoms with van der Waals surface area (Å²) in [6, 6.07) is 16.3. The summed E-state index contributed by atoms with van der Waals surface area (Å²) in [4.78, 5) is 24.0. The number of aromatic nitrogens is 2. The van der Waals surface area contributed by atoms with Gasteiger partial charge in [0, 0.05) is 42.1 Å². The van der Waals surface area contributed by atoms with Crippen molar-refractivity contribution < 1.29 is 4.79 Å². The van der Waals surface area contributed by atoms with E-state index in [-0.39, 0.29) is 11.8 Å². The largest absolute Gasteiger partial charge is 0.352 e. The van der Waals surface area contributed by atoms with E-state index >= 15 is 0 Å². The molecule has 1 fully saturated rings. The lowest BCUT2D eigenvalue weighted by Gasteiger charge is -2.32. The molecule has 30 heavy (non-hydrogen) atoms. The highest BCUT2D eigenvalue weighted by molar-refractivity contribution is 9.10. The Morgan fingerprint density at radius 1 is 1.07 bits per heavy atom. The van der Waals surface area contributed by atoms with E-state index in [1.165, 1.54) is 5.56 Å². The SMILES string of the molecule is Cc1ccc(-c2cnc(N3CCC[C@H](C(=O)NCc4ccc(Br)cc4)C3)nc2)cc1. The molecule has 0 saturated carbocycles. The Labute approximate surface area is 185 Å². The number of aryl methyl sites for hydroxylation is 1. The fourth-order valence-electron chi connectivity index (χ4n) is 3.69. The molecule has 1 aliphatic rings. The number of carbonyl (C=O) groups excluding carboxylic acids is 1. The summed E-state index contributed by atoms with van der Waals surface area (Å²) in [5.74, 6) is 0.740. The van der Waals surface area contributed by atoms with E-state index < -0.39 is 0 Å². The van der Waals surface area contributed by atoms with E-state index in [0.29, 0.717) is 19.0 Å². The Bertz CT molecular complexity index is 987. The van der Waals surface area contributed by atoms with E-state index in [9.17, 15) is 4.79 Å². The molecular formula is C24H25BrN4O. The number of halogens is 1. The maximum atomic E-state index is 12.7. The number of hydrogen-bond donors (Lipinski definition) is 1. The maximum absolute atomic E-state index is 12.7. The first-order valence-corrected chi connectivity index (χ1v) is 11.0. The Balaban J connectivity index is 1.36. The highest BCUT2D eigenvalue weighted by Crippen LogP contribution is 2.23. The van der Waals surface area contributed by atoms with Gasteiger partial charge in [-0.25, -0.2) is 9.97 Å². The zero-order chi connectivity index (χ0) is 20.9. The number of piperidine rings is 1. The van der Waals surface area contributed by atoms with Crippen molar-refractivity contribution in [2.24, 2.45) is 5.92 Å². The molecule has 1 N–H and O–H groups in total. The highest BCUT2D eigenvalue weighted by Gasteiger charge is 2.27. The van der Waals surface area contributed by atoms with Crippen molar-refractivity contribution in [2.75, 3.05) is 18.0 Å². The van der Waals surface area contributed by atoms with Crippen LogP contribution >= 0.6 is 15.9 Å². The van der Waals surface area contributed by atoms with Gasteiger partial charge in [0.15, 0.2) is 0 Å². The normalized spacial score (nSPS) is 16.3. The minimum Gasteiger partial charge on any atom is -0.352 e. The molecule has 5 nitrogen and oxygen atoms in total. The Morgan fingerprint density at radius 2 is 1.77 bits per heavy atom. The first kappa shape index (κ1) is 20.5. The van der Waals surface area contributed by atoms with Crippen LogP contribution in [0.4, 0.5) is 5.95 Å². The first-order chi connectivity index (χ1) is 14.6. The molecule has 2 heterocycles. The van der Waals surface area contributed by atoms with Crippen LogP contribution in [0.25, 0.3) is 11.1 Å². The summed E-state index contributed by atoms with van der Waals surface area (Å²) in [5.41, 5.74) is 4.43. The molecule has 0 aliphatic carbocycles. The van der Waals surface area contributed by atoms with E-state index in [1.807, 2.05) is 36.7 Å². The maximum Gasteiger partial charge on any atom is 0.225 e. The molecule has 1 aromatic heterocycles. The quantitative estimate of drug-likeness (QED) is 0.591. The smallest absolute Gasteiger partial charge is 0.225 e. The zero-order valence-corrected chi connectivity index (χ0v) is 18.6. The van der Waals surface area contributed by atoms with Crippen LogP contribution in [0.3, 0.4) is 0 Å². The Kier molecular flexibility index (Phi) is 6.43. The molecule has 1 atom stereocenters. The molecule has 1 saturated heterocycles. The third-order valence-corrected chi connectivity index (χ3v) is 6.01. The van der Waals surface area contributed by atoms with Gasteiger partial charge in [-0.1, -0.05) is 57.9 Å². The number of carbonyl (C=O) groups is 1. The molecular weight excluding hydrogens is 440 g/mol. The minimum absolute atomic E-state index is 0.0467. The molecule has 0 unspecified atom stereocenters. The molecule has 3 aromatic rings. The lowest BCUT2D eigenvalue weighted by atomic mass is 9.97. The average molecular weight is 465 g/mol. The molecule has 1 aliphatic heterocycles. The Morgan fingerprint density at radius 3 is 2.47 bits per heavy atom. The second kappa shape index (κ2) is 9.39. The van der Waals surface area contributed by atoms with Crippen LogP contribution in [0.2, 0.25) is 0 Å². The van der Waals surface area contributed by atoms with Crippen molar-refractivity contribution in [3.05, 3.63) is 76.5 Å². The predicted molar refractivity (Wildman–Crippen MR) is 123 cm³/mol. The summed E-state index contributed by atoms with van der Waals surface area (Å²) in [6.07, 6.45) is 5.58. The van der Waals surface area contributed by atoms with Crippen LogP contribution < -0.4 is 10.2 Å². The van der Waals surface area contributed by atoms with Crippen LogP contribution in [0.5, 0.6) is 0 Å². The lowest BCUT2D eigenvalue weighted by Crippen LogP contribution is -2.43. The molecule has 1 amide bonds. The number of nitrogens with zero attached hydrogens (tertiary/aromatic N) is 3. The van der Waals surface area contributed by atoms with Crippen molar-refractivity contribution in [3.63, 3.8) is 0 Å². The van der Waals surface area contributed by atoms with Gasteiger partial charge in [-0.05, 0) is 43.0 Å². The van der Waals surface area contributed by atoms with Gasteiger partial charge < -0.3 is 10.2 Å². The second-order valence-electron chi connectivity index (χ2n) is 7.77. The van der Waals surface area contributed by atoms with Gasteiger partial charge in [0.25, 0.3) is 0 Å². The average Bonchev–Trinajstić information content (AvgIpc) is 2.79. The van der Waals surface area contributed by atoms with Crippen molar-refractivity contribution in [2.45, 2.75) is 26.3 Å². The predicted octanol–water partition coefficient (Wildman–Crippen LogP) is 4.75. The van der Waals surface area contributed by atoms with Gasteiger partial charge in [-0.3, -0.25) is 4.79 Å².